The molecule has 0 heterocycles. The Balaban J connectivity index is 2.16. The SMILES string of the molecule is O=C(OC1CCCCC1)C(O)(CCc1ccccc1)CC(F)(F)C(F)(F)F. The molecule has 1 aliphatic rings. The lowest BCUT2D eigenvalue weighted by Gasteiger charge is -2.33. The van der Waals surface area contributed by atoms with E-state index in [4.69, 9.17) is 4.74 Å². The molecule has 27 heavy (non-hydrogen) atoms. The number of benzene rings is 1. The Morgan fingerprint density at radius 3 is 2.19 bits per heavy atom. The molecule has 1 fully saturated rings. The second kappa shape index (κ2) is 8.54. The van der Waals surface area contributed by atoms with Crippen LogP contribution in [0.1, 0.15) is 50.5 Å². The van der Waals surface area contributed by atoms with Gasteiger partial charge in [0.1, 0.15) is 6.10 Å². The van der Waals surface area contributed by atoms with E-state index in [1.165, 1.54) is 0 Å². The van der Waals surface area contributed by atoms with Crippen molar-refractivity contribution in [2.24, 2.45) is 0 Å². The van der Waals surface area contributed by atoms with Gasteiger partial charge >= 0.3 is 18.1 Å². The first-order valence-corrected chi connectivity index (χ1v) is 8.95. The zero-order chi connectivity index (χ0) is 20.1. The highest BCUT2D eigenvalue weighted by atomic mass is 19.4. The number of halogens is 5. The number of carbonyl (C=O) groups is 1. The molecule has 0 radical (unpaired) electrons. The summed E-state index contributed by atoms with van der Waals surface area (Å²) in [6, 6.07) is 8.31. The van der Waals surface area contributed by atoms with Crippen molar-refractivity contribution < 1.29 is 36.6 Å². The minimum Gasteiger partial charge on any atom is -0.460 e. The van der Waals surface area contributed by atoms with Crippen molar-refractivity contribution >= 4 is 5.97 Å². The van der Waals surface area contributed by atoms with Crippen LogP contribution in [0.3, 0.4) is 0 Å². The Labute approximate surface area is 154 Å². The third-order valence-corrected chi connectivity index (χ3v) is 4.81. The molecule has 1 atom stereocenters. The van der Waals surface area contributed by atoms with Crippen molar-refractivity contribution in [1.82, 2.24) is 0 Å². The van der Waals surface area contributed by atoms with E-state index in [1.54, 1.807) is 30.3 Å². The molecule has 0 spiro atoms. The van der Waals surface area contributed by atoms with Crippen LogP contribution in [0.15, 0.2) is 30.3 Å². The fourth-order valence-corrected chi connectivity index (χ4v) is 3.17. The standard InChI is InChI=1S/C19H23F5O3/c20-18(21,19(22,23)24)13-17(26,12-11-14-7-3-1-4-8-14)16(25)27-15-9-5-2-6-10-15/h1,3-4,7-8,15,26H,2,5-6,9-13H2. The van der Waals surface area contributed by atoms with Crippen molar-refractivity contribution in [3.63, 3.8) is 0 Å². The molecule has 0 saturated heterocycles. The van der Waals surface area contributed by atoms with E-state index in [9.17, 15) is 31.9 Å². The molecular weight excluding hydrogens is 371 g/mol. The van der Waals surface area contributed by atoms with Gasteiger partial charge in [0.15, 0.2) is 5.60 Å². The molecule has 0 bridgehead atoms. The van der Waals surface area contributed by atoms with Crippen LogP contribution in [0.25, 0.3) is 0 Å². The van der Waals surface area contributed by atoms with Crippen molar-refractivity contribution in [2.45, 2.75) is 75.2 Å². The summed E-state index contributed by atoms with van der Waals surface area (Å²) < 4.78 is 70.2. The average Bonchev–Trinajstić information content (AvgIpc) is 2.60. The number of hydrogen-bond acceptors (Lipinski definition) is 3. The number of alkyl halides is 5. The number of ether oxygens (including phenoxy) is 1. The average molecular weight is 394 g/mol. The largest absolute Gasteiger partial charge is 0.460 e. The van der Waals surface area contributed by atoms with Crippen molar-refractivity contribution in [3.05, 3.63) is 35.9 Å². The molecule has 1 unspecified atom stereocenters. The van der Waals surface area contributed by atoms with Gasteiger partial charge < -0.3 is 9.84 Å². The molecule has 1 aliphatic carbocycles. The predicted molar refractivity (Wildman–Crippen MR) is 88.3 cm³/mol. The summed E-state index contributed by atoms with van der Waals surface area (Å²) >= 11 is 0. The highest BCUT2D eigenvalue weighted by molar-refractivity contribution is 5.79. The highest BCUT2D eigenvalue weighted by Gasteiger charge is 2.62. The maximum Gasteiger partial charge on any atom is 0.453 e. The molecule has 8 heteroatoms. The molecule has 3 nitrogen and oxygen atoms in total. The summed E-state index contributed by atoms with van der Waals surface area (Å²) in [5.74, 6) is -6.61. The number of carbonyl (C=O) groups excluding carboxylic acids is 1. The lowest BCUT2D eigenvalue weighted by Crippen LogP contribution is -2.51. The molecule has 1 saturated carbocycles. The molecule has 1 aromatic rings. The van der Waals surface area contributed by atoms with Crippen LogP contribution in [0.2, 0.25) is 0 Å². The fraction of sp³-hybridized carbons (Fsp3) is 0.632. The van der Waals surface area contributed by atoms with Crippen LogP contribution in [0.5, 0.6) is 0 Å². The Hall–Kier alpha value is -1.70. The maximum absolute atomic E-state index is 13.6. The Morgan fingerprint density at radius 1 is 1.04 bits per heavy atom. The smallest absolute Gasteiger partial charge is 0.453 e. The van der Waals surface area contributed by atoms with E-state index in [0.717, 1.165) is 19.3 Å². The van der Waals surface area contributed by atoms with E-state index in [1.807, 2.05) is 0 Å². The Bertz CT molecular complexity index is 612. The first-order chi connectivity index (χ1) is 12.5. The van der Waals surface area contributed by atoms with Gasteiger partial charge in [-0.1, -0.05) is 36.8 Å². The van der Waals surface area contributed by atoms with E-state index in [0.29, 0.717) is 18.4 Å². The van der Waals surface area contributed by atoms with Gasteiger partial charge in [-0.3, -0.25) is 0 Å². The number of aliphatic hydroxyl groups is 1. The van der Waals surface area contributed by atoms with Gasteiger partial charge in [-0.25, -0.2) is 4.79 Å². The van der Waals surface area contributed by atoms with Crippen LogP contribution >= 0.6 is 0 Å². The predicted octanol–water partition coefficient (Wildman–Crippen LogP) is 4.81. The maximum atomic E-state index is 13.6. The second-order valence-electron chi connectivity index (χ2n) is 7.06. The normalized spacial score (nSPS) is 18.7. The van der Waals surface area contributed by atoms with Crippen LogP contribution in [-0.2, 0) is 16.0 Å². The zero-order valence-corrected chi connectivity index (χ0v) is 14.8. The summed E-state index contributed by atoms with van der Waals surface area (Å²) in [7, 11) is 0. The lowest BCUT2D eigenvalue weighted by atomic mass is 9.88. The van der Waals surface area contributed by atoms with Crippen LogP contribution < -0.4 is 0 Å². The highest BCUT2D eigenvalue weighted by Crippen LogP contribution is 2.42. The van der Waals surface area contributed by atoms with E-state index < -0.39 is 42.6 Å². The first-order valence-electron chi connectivity index (χ1n) is 8.95. The third kappa shape index (κ3) is 5.89. The third-order valence-electron chi connectivity index (χ3n) is 4.81. The Morgan fingerprint density at radius 2 is 1.63 bits per heavy atom. The minimum atomic E-state index is -5.86. The molecule has 0 aromatic heterocycles. The van der Waals surface area contributed by atoms with Crippen molar-refractivity contribution in [3.8, 4) is 0 Å². The summed E-state index contributed by atoms with van der Waals surface area (Å²) in [4.78, 5) is 12.4. The quantitative estimate of drug-likeness (QED) is 0.533. The molecule has 1 N–H and O–H groups in total. The number of hydrogen-bond donors (Lipinski definition) is 1. The second-order valence-corrected chi connectivity index (χ2v) is 7.06. The zero-order valence-electron chi connectivity index (χ0n) is 14.8. The van der Waals surface area contributed by atoms with Crippen LogP contribution in [0.4, 0.5) is 22.0 Å². The molecule has 152 valence electrons. The fourth-order valence-electron chi connectivity index (χ4n) is 3.17. The molecule has 1 aromatic carbocycles. The molecule has 0 amide bonds. The first kappa shape index (κ1) is 21.6. The van der Waals surface area contributed by atoms with Crippen molar-refractivity contribution in [1.29, 1.82) is 0 Å². The number of esters is 1. The van der Waals surface area contributed by atoms with Gasteiger partial charge in [-0.15, -0.1) is 0 Å². The number of rotatable bonds is 7. The minimum absolute atomic E-state index is 0.0367. The van der Waals surface area contributed by atoms with Gasteiger partial charge in [0.05, 0.1) is 6.42 Å². The van der Waals surface area contributed by atoms with Gasteiger partial charge in [0, 0.05) is 0 Å². The summed E-state index contributed by atoms with van der Waals surface area (Å²) in [6.07, 6.45) is -5.59. The molecular formula is C19H23F5O3. The van der Waals surface area contributed by atoms with E-state index in [2.05, 4.69) is 0 Å². The topological polar surface area (TPSA) is 46.5 Å². The summed E-state index contributed by atoms with van der Waals surface area (Å²) in [5, 5.41) is 10.5. The van der Waals surface area contributed by atoms with Gasteiger partial charge in [0.25, 0.3) is 0 Å². The van der Waals surface area contributed by atoms with Gasteiger partial charge in [0.2, 0.25) is 0 Å². The van der Waals surface area contributed by atoms with E-state index >= 15 is 0 Å². The van der Waals surface area contributed by atoms with Gasteiger partial charge in [-0.2, -0.15) is 22.0 Å². The van der Waals surface area contributed by atoms with Crippen molar-refractivity contribution in [2.75, 3.05) is 0 Å². The Kier molecular flexibility index (Phi) is 6.83. The van der Waals surface area contributed by atoms with Crippen LogP contribution in [-0.4, -0.2) is 34.9 Å². The monoisotopic (exact) mass is 394 g/mol. The summed E-state index contributed by atoms with van der Waals surface area (Å²) in [6.45, 7) is 0. The van der Waals surface area contributed by atoms with E-state index in [-0.39, 0.29) is 6.42 Å². The molecule has 2 rings (SSSR count). The molecule has 0 aliphatic heterocycles. The lowest BCUT2D eigenvalue weighted by molar-refractivity contribution is -0.297. The number of aryl methyl sites for hydroxylation is 1. The van der Waals surface area contributed by atoms with Crippen LogP contribution in [0, 0.1) is 0 Å². The van der Waals surface area contributed by atoms with Gasteiger partial charge in [-0.05, 0) is 44.1 Å². The summed E-state index contributed by atoms with van der Waals surface area (Å²) in [5.41, 5.74) is -2.32.